The molecule has 0 spiro atoms. The molecule has 0 heterocycles. The van der Waals surface area contributed by atoms with E-state index in [9.17, 15) is 9.59 Å². The molecule has 0 aliphatic heterocycles. The molecule has 110 valence electrons. The standard InChI is InChI=1S/C17H24O3/c1-5-13(12-16(19)20-17(2,3)4)11-15(18)14-9-7-6-8-10-14/h6-10,13H,5,11-12H2,1-4H3/t13-/m1/s1. The number of esters is 1. The minimum Gasteiger partial charge on any atom is -0.460 e. The highest BCUT2D eigenvalue weighted by Gasteiger charge is 2.21. The van der Waals surface area contributed by atoms with E-state index in [1.807, 2.05) is 58.0 Å². The summed E-state index contributed by atoms with van der Waals surface area (Å²) in [5.41, 5.74) is 0.230. The van der Waals surface area contributed by atoms with E-state index in [0.717, 1.165) is 6.42 Å². The van der Waals surface area contributed by atoms with Crippen LogP contribution in [-0.2, 0) is 9.53 Å². The minimum absolute atomic E-state index is 0.0394. The lowest BCUT2D eigenvalue weighted by Gasteiger charge is -2.21. The molecule has 0 amide bonds. The van der Waals surface area contributed by atoms with Crippen molar-refractivity contribution < 1.29 is 14.3 Å². The summed E-state index contributed by atoms with van der Waals surface area (Å²) in [7, 11) is 0. The molecule has 3 heteroatoms. The molecule has 0 bridgehead atoms. The maximum atomic E-state index is 12.1. The Labute approximate surface area is 121 Å². The van der Waals surface area contributed by atoms with Crippen LogP contribution in [0.15, 0.2) is 30.3 Å². The third-order valence-corrected chi connectivity index (χ3v) is 3.02. The van der Waals surface area contributed by atoms with Crippen LogP contribution in [0.2, 0.25) is 0 Å². The predicted octanol–water partition coefficient (Wildman–Crippen LogP) is 4.02. The molecule has 1 rings (SSSR count). The smallest absolute Gasteiger partial charge is 0.306 e. The Morgan fingerprint density at radius 1 is 1.10 bits per heavy atom. The van der Waals surface area contributed by atoms with Gasteiger partial charge in [-0.1, -0.05) is 43.7 Å². The predicted molar refractivity (Wildman–Crippen MR) is 79.6 cm³/mol. The molecule has 1 atom stereocenters. The molecule has 20 heavy (non-hydrogen) atoms. The molecule has 3 nitrogen and oxygen atoms in total. The van der Waals surface area contributed by atoms with Gasteiger partial charge in [0, 0.05) is 18.4 Å². The molecule has 0 radical (unpaired) electrons. The summed E-state index contributed by atoms with van der Waals surface area (Å²) >= 11 is 0. The molecule has 0 saturated heterocycles. The summed E-state index contributed by atoms with van der Waals surface area (Å²) in [6, 6.07) is 9.20. The van der Waals surface area contributed by atoms with Crippen LogP contribution < -0.4 is 0 Å². The van der Waals surface area contributed by atoms with Gasteiger partial charge in [-0.05, 0) is 26.7 Å². The van der Waals surface area contributed by atoms with Gasteiger partial charge in [0.05, 0.1) is 0 Å². The van der Waals surface area contributed by atoms with Gasteiger partial charge in [-0.15, -0.1) is 0 Å². The summed E-state index contributed by atoms with van der Waals surface area (Å²) in [4.78, 5) is 23.9. The van der Waals surface area contributed by atoms with E-state index in [0.29, 0.717) is 18.4 Å². The summed E-state index contributed by atoms with van der Waals surface area (Å²) in [5.74, 6) is -0.108. The van der Waals surface area contributed by atoms with Gasteiger partial charge in [-0.3, -0.25) is 9.59 Å². The van der Waals surface area contributed by atoms with Crippen molar-refractivity contribution in [2.45, 2.75) is 52.6 Å². The number of carbonyl (C=O) groups excluding carboxylic acids is 2. The highest BCUT2D eigenvalue weighted by Crippen LogP contribution is 2.19. The topological polar surface area (TPSA) is 43.4 Å². The fraction of sp³-hybridized carbons (Fsp3) is 0.529. The number of hydrogen-bond acceptors (Lipinski definition) is 3. The third kappa shape index (κ3) is 6.00. The van der Waals surface area contributed by atoms with Crippen LogP contribution in [0.4, 0.5) is 0 Å². The SMILES string of the molecule is CC[C@@H](CC(=O)OC(C)(C)C)CC(=O)c1ccccc1. The van der Waals surface area contributed by atoms with Gasteiger partial charge in [0.1, 0.15) is 5.60 Å². The average molecular weight is 276 g/mol. The number of ketones is 1. The maximum absolute atomic E-state index is 12.1. The third-order valence-electron chi connectivity index (χ3n) is 3.02. The fourth-order valence-corrected chi connectivity index (χ4v) is 1.98. The molecule has 0 aliphatic rings. The van der Waals surface area contributed by atoms with Crippen molar-refractivity contribution in [3.8, 4) is 0 Å². The summed E-state index contributed by atoms with van der Waals surface area (Å²) < 4.78 is 5.31. The van der Waals surface area contributed by atoms with Crippen molar-refractivity contribution in [2.75, 3.05) is 0 Å². The van der Waals surface area contributed by atoms with E-state index < -0.39 is 5.60 Å². The second-order valence-corrected chi connectivity index (χ2v) is 6.06. The zero-order valence-electron chi connectivity index (χ0n) is 12.8. The van der Waals surface area contributed by atoms with Gasteiger partial charge in [-0.25, -0.2) is 0 Å². The zero-order valence-corrected chi connectivity index (χ0v) is 12.8. The Morgan fingerprint density at radius 3 is 2.20 bits per heavy atom. The first kappa shape index (κ1) is 16.4. The van der Waals surface area contributed by atoms with Gasteiger partial charge in [0.2, 0.25) is 0 Å². The molecule has 1 aromatic rings. The largest absolute Gasteiger partial charge is 0.460 e. The first-order valence-electron chi connectivity index (χ1n) is 7.12. The van der Waals surface area contributed by atoms with Gasteiger partial charge < -0.3 is 4.74 Å². The fourth-order valence-electron chi connectivity index (χ4n) is 1.98. The number of hydrogen-bond donors (Lipinski definition) is 0. The molecule has 0 aliphatic carbocycles. The van der Waals surface area contributed by atoms with E-state index in [4.69, 9.17) is 4.74 Å². The van der Waals surface area contributed by atoms with E-state index in [-0.39, 0.29) is 17.7 Å². The first-order chi connectivity index (χ1) is 9.31. The number of carbonyl (C=O) groups is 2. The van der Waals surface area contributed by atoms with Crippen LogP contribution in [0.3, 0.4) is 0 Å². The summed E-state index contributed by atoms with van der Waals surface area (Å²) in [6.45, 7) is 7.54. The number of Topliss-reactive ketones (excluding diaryl/α,β-unsaturated/α-hetero) is 1. The molecule has 0 unspecified atom stereocenters. The normalized spacial score (nSPS) is 12.8. The summed E-state index contributed by atoms with van der Waals surface area (Å²) in [5, 5.41) is 0. The molecule has 1 aromatic carbocycles. The van der Waals surface area contributed by atoms with Crippen molar-refractivity contribution >= 4 is 11.8 Å². The van der Waals surface area contributed by atoms with E-state index in [1.165, 1.54) is 0 Å². The van der Waals surface area contributed by atoms with Crippen LogP contribution in [0.1, 0.15) is 57.3 Å². The van der Waals surface area contributed by atoms with E-state index in [2.05, 4.69) is 0 Å². The Hall–Kier alpha value is -1.64. The highest BCUT2D eigenvalue weighted by molar-refractivity contribution is 5.96. The lowest BCUT2D eigenvalue weighted by atomic mass is 9.93. The number of ether oxygens (including phenoxy) is 1. The van der Waals surface area contributed by atoms with Crippen molar-refractivity contribution in [1.82, 2.24) is 0 Å². The molecule has 0 fully saturated rings. The lowest BCUT2D eigenvalue weighted by molar-refractivity contribution is -0.155. The molecular weight excluding hydrogens is 252 g/mol. The van der Waals surface area contributed by atoms with Crippen LogP contribution >= 0.6 is 0 Å². The molecule has 0 saturated carbocycles. The Morgan fingerprint density at radius 2 is 1.70 bits per heavy atom. The second-order valence-electron chi connectivity index (χ2n) is 6.06. The Kier molecular flexibility index (Phi) is 5.93. The van der Waals surface area contributed by atoms with Crippen LogP contribution in [0.5, 0.6) is 0 Å². The number of rotatable bonds is 6. The molecule has 0 aromatic heterocycles. The van der Waals surface area contributed by atoms with Gasteiger partial charge >= 0.3 is 5.97 Å². The van der Waals surface area contributed by atoms with Crippen molar-refractivity contribution in [3.63, 3.8) is 0 Å². The van der Waals surface area contributed by atoms with Gasteiger partial charge in [0.15, 0.2) is 5.78 Å². The monoisotopic (exact) mass is 276 g/mol. The number of benzene rings is 1. The minimum atomic E-state index is -0.473. The Balaban J connectivity index is 2.55. The van der Waals surface area contributed by atoms with Crippen LogP contribution in [-0.4, -0.2) is 17.4 Å². The second kappa shape index (κ2) is 7.22. The van der Waals surface area contributed by atoms with Gasteiger partial charge in [-0.2, -0.15) is 0 Å². The van der Waals surface area contributed by atoms with E-state index in [1.54, 1.807) is 0 Å². The van der Waals surface area contributed by atoms with Crippen molar-refractivity contribution in [3.05, 3.63) is 35.9 Å². The molecule has 0 N–H and O–H groups in total. The van der Waals surface area contributed by atoms with Crippen molar-refractivity contribution in [2.24, 2.45) is 5.92 Å². The van der Waals surface area contributed by atoms with Crippen molar-refractivity contribution in [1.29, 1.82) is 0 Å². The lowest BCUT2D eigenvalue weighted by Crippen LogP contribution is -2.25. The van der Waals surface area contributed by atoms with Crippen LogP contribution in [0.25, 0.3) is 0 Å². The molecular formula is C17H24O3. The van der Waals surface area contributed by atoms with E-state index >= 15 is 0 Å². The quantitative estimate of drug-likeness (QED) is 0.582. The first-order valence-corrected chi connectivity index (χ1v) is 7.12. The Bertz CT molecular complexity index is 443. The average Bonchev–Trinajstić information content (AvgIpc) is 2.36. The maximum Gasteiger partial charge on any atom is 0.306 e. The van der Waals surface area contributed by atoms with Crippen LogP contribution in [0, 0.1) is 5.92 Å². The summed E-state index contributed by atoms with van der Waals surface area (Å²) in [6.07, 6.45) is 1.48. The van der Waals surface area contributed by atoms with Gasteiger partial charge in [0.25, 0.3) is 0 Å². The highest BCUT2D eigenvalue weighted by atomic mass is 16.6. The zero-order chi connectivity index (χ0) is 15.2.